The first-order chi connectivity index (χ1) is 9.61. The molecule has 0 fully saturated rings. The van der Waals surface area contributed by atoms with Gasteiger partial charge in [-0.05, 0) is 17.9 Å². The van der Waals surface area contributed by atoms with Gasteiger partial charge in [0.2, 0.25) is 0 Å². The average molecular weight is 310 g/mol. The number of rotatable bonds is 6. The third kappa shape index (κ3) is 3.43. The lowest BCUT2D eigenvalue weighted by molar-refractivity contribution is -0.141. The second-order valence-electron chi connectivity index (χ2n) is 4.17. The summed E-state index contributed by atoms with van der Waals surface area (Å²) in [6, 6.07) is 3.88. The van der Waals surface area contributed by atoms with Gasteiger partial charge in [0.15, 0.2) is 0 Å². The summed E-state index contributed by atoms with van der Waals surface area (Å²) in [5, 5.41) is 16.0. The third-order valence-corrected chi connectivity index (χ3v) is 4.70. The van der Waals surface area contributed by atoms with E-state index in [0.29, 0.717) is 12.1 Å². The van der Waals surface area contributed by atoms with Crippen LogP contribution >= 0.6 is 22.7 Å². The Morgan fingerprint density at radius 3 is 2.85 bits per heavy atom. The first-order valence-electron chi connectivity index (χ1n) is 6.12. The molecule has 1 amide bonds. The van der Waals surface area contributed by atoms with Crippen LogP contribution in [0.3, 0.4) is 0 Å². The molecule has 1 unspecified atom stereocenters. The maximum Gasteiger partial charge on any atom is 0.308 e. The molecule has 0 radical (unpaired) electrons. The lowest BCUT2D eigenvalue weighted by Crippen LogP contribution is -2.32. The van der Waals surface area contributed by atoms with Crippen LogP contribution in [-0.2, 0) is 4.79 Å². The molecule has 0 saturated carbocycles. The van der Waals surface area contributed by atoms with Gasteiger partial charge in [-0.1, -0.05) is 13.0 Å². The Morgan fingerprint density at radius 1 is 1.45 bits per heavy atom. The molecule has 0 bridgehead atoms. The minimum atomic E-state index is -0.898. The fraction of sp³-hybridized carbons (Fsp3) is 0.308. The van der Waals surface area contributed by atoms with E-state index in [-0.39, 0.29) is 12.5 Å². The summed E-state index contributed by atoms with van der Waals surface area (Å²) in [6.45, 7) is 1.90. The zero-order chi connectivity index (χ0) is 14.5. The third-order valence-electron chi connectivity index (χ3n) is 2.82. The van der Waals surface area contributed by atoms with Crippen LogP contribution in [0.4, 0.5) is 0 Å². The van der Waals surface area contributed by atoms with E-state index in [4.69, 9.17) is 5.11 Å². The number of aliphatic carboxylic acids is 1. The van der Waals surface area contributed by atoms with Gasteiger partial charge in [0.05, 0.1) is 10.8 Å². The van der Waals surface area contributed by atoms with Crippen molar-refractivity contribution < 1.29 is 14.7 Å². The number of aromatic nitrogens is 1. The number of nitrogens with zero attached hydrogens (tertiary/aromatic N) is 1. The Morgan fingerprint density at radius 2 is 2.25 bits per heavy atom. The summed E-state index contributed by atoms with van der Waals surface area (Å²) >= 11 is 2.97. The Hall–Kier alpha value is -1.73. The van der Waals surface area contributed by atoms with Gasteiger partial charge >= 0.3 is 5.97 Å². The molecule has 2 heterocycles. The number of thiazole rings is 1. The second-order valence-corrected chi connectivity index (χ2v) is 5.97. The lowest BCUT2D eigenvalue weighted by atomic mass is 10.1. The van der Waals surface area contributed by atoms with Crippen molar-refractivity contribution in [2.75, 3.05) is 6.54 Å². The van der Waals surface area contributed by atoms with Gasteiger partial charge < -0.3 is 10.4 Å². The quantitative estimate of drug-likeness (QED) is 0.860. The van der Waals surface area contributed by atoms with Gasteiger partial charge in [-0.2, -0.15) is 0 Å². The molecule has 0 aliphatic carbocycles. The fourth-order valence-corrected chi connectivity index (χ4v) is 3.22. The van der Waals surface area contributed by atoms with Crippen molar-refractivity contribution in [3.63, 3.8) is 0 Å². The van der Waals surface area contributed by atoms with E-state index in [1.807, 2.05) is 17.5 Å². The van der Waals surface area contributed by atoms with Crippen LogP contribution in [0, 0.1) is 5.92 Å². The zero-order valence-electron chi connectivity index (χ0n) is 10.8. The van der Waals surface area contributed by atoms with Crippen LogP contribution in [0.25, 0.3) is 9.88 Å². The van der Waals surface area contributed by atoms with E-state index in [9.17, 15) is 9.59 Å². The van der Waals surface area contributed by atoms with Crippen molar-refractivity contribution in [2.45, 2.75) is 13.3 Å². The number of carbonyl (C=O) groups excluding carboxylic acids is 1. The standard InChI is InChI=1S/C13H14N2O3S2/c1-2-8(13(17)18)6-14-11(16)9-7-20-12(15-9)10-4-3-5-19-10/h3-5,7-8H,2,6H2,1H3,(H,14,16)(H,17,18). The molecule has 1 atom stereocenters. The summed E-state index contributed by atoms with van der Waals surface area (Å²) < 4.78 is 0. The van der Waals surface area contributed by atoms with E-state index in [0.717, 1.165) is 9.88 Å². The van der Waals surface area contributed by atoms with Gasteiger partial charge in [-0.3, -0.25) is 9.59 Å². The molecule has 106 valence electrons. The van der Waals surface area contributed by atoms with Gasteiger partial charge in [0.1, 0.15) is 10.7 Å². The van der Waals surface area contributed by atoms with Crippen molar-refractivity contribution in [3.8, 4) is 9.88 Å². The summed E-state index contributed by atoms with van der Waals surface area (Å²) in [4.78, 5) is 28.1. The predicted molar refractivity (Wildman–Crippen MR) is 79.2 cm³/mol. The van der Waals surface area contributed by atoms with E-state index in [1.165, 1.54) is 11.3 Å². The highest BCUT2D eigenvalue weighted by Crippen LogP contribution is 2.27. The van der Waals surface area contributed by atoms with Crippen molar-refractivity contribution in [3.05, 3.63) is 28.6 Å². The topological polar surface area (TPSA) is 79.3 Å². The molecule has 7 heteroatoms. The van der Waals surface area contributed by atoms with Gasteiger partial charge in [-0.25, -0.2) is 4.98 Å². The summed E-state index contributed by atoms with van der Waals surface area (Å²) in [5.41, 5.74) is 0.332. The Balaban J connectivity index is 1.98. The van der Waals surface area contributed by atoms with E-state index in [2.05, 4.69) is 10.3 Å². The molecule has 0 spiro atoms. The van der Waals surface area contributed by atoms with Gasteiger partial charge in [0.25, 0.3) is 5.91 Å². The van der Waals surface area contributed by atoms with Gasteiger partial charge in [0, 0.05) is 11.9 Å². The molecular formula is C13H14N2O3S2. The minimum absolute atomic E-state index is 0.122. The Bertz CT molecular complexity index is 593. The SMILES string of the molecule is CCC(CNC(=O)c1csc(-c2cccs2)n1)C(=O)O. The van der Waals surface area contributed by atoms with E-state index < -0.39 is 11.9 Å². The highest BCUT2D eigenvalue weighted by atomic mass is 32.1. The van der Waals surface area contributed by atoms with Crippen LogP contribution in [0.15, 0.2) is 22.9 Å². The Kier molecular flexibility index (Phi) is 4.86. The monoisotopic (exact) mass is 310 g/mol. The molecule has 0 aliphatic heterocycles. The molecular weight excluding hydrogens is 296 g/mol. The highest BCUT2D eigenvalue weighted by Gasteiger charge is 2.18. The number of amides is 1. The molecule has 2 rings (SSSR count). The van der Waals surface area contributed by atoms with Gasteiger partial charge in [-0.15, -0.1) is 22.7 Å². The minimum Gasteiger partial charge on any atom is -0.481 e. The first kappa shape index (κ1) is 14.7. The molecule has 5 nitrogen and oxygen atoms in total. The second kappa shape index (κ2) is 6.62. The molecule has 2 aromatic heterocycles. The molecule has 0 aliphatic rings. The number of hydrogen-bond acceptors (Lipinski definition) is 5. The van der Waals surface area contributed by atoms with Crippen LogP contribution < -0.4 is 5.32 Å². The number of nitrogens with one attached hydrogen (secondary N) is 1. The van der Waals surface area contributed by atoms with Crippen LogP contribution in [-0.4, -0.2) is 28.5 Å². The Labute approximate surface area is 124 Å². The average Bonchev–Trinajstić information content (AvgIpc) is 3.09. The summed E-state index contributed by atoms with van der Waals surface area (Å²) in [7, 11) is 0. The molecule has 20 heavy (non-hydrogen) atoms. The maximum absolute atomic E-state index is 11.9. The van der Waals surface area contributed by atoms with Crippen LogP contribution in [0.5, 0.6) is 0 Å². The van der Waals surface area contributed by atoms with Crippen molar-refractivity contribution in [1.82, 2.24) is 10.3 Å². The summed E-state index contributed by atoms with van der Waals surface area (Å²) in [6.07, 6.45) is 0.479. The predicted octanol–water partition coefficient (Wildman–Crippen LogP) is 2.71. The zero-order valence-corrected chi connectivity index (χ0v) is 12.5. The molecule has 0 aromatic carbocycles. The number of carboxylic acids is 1. The van der Waals surface area contributed by atoms with Crippen LogP contribution in [0.1, 0.15) is 23.8 Å². The molecule has 2 aromatic rings. The highest BCUT2D eigenvalue weighted by molar-refractivity contribution is 7.20. The van der Waals surface area contributed by atoms with Crippen LogP contribution in [0.2, 0.25) is 0 Å². The number of carboxylic acid groups (broad SMARTS) is 1. The maximum atomic E-state index is 11.9. The van der Waals surface area contributed by atoms with Crippen molar-refractivity contribution in [1.29, 1.82) is 0 Å². The van der Waals surface area contributed by atoms with E-state index >= 15 is 0 Å². The number of carbonyl (C=O) groups is 2. The smallest absolute Gasteiger partial charge is 0.308 e. The summed E-state index contributed by atoms with van der Waals surface area (Å²) in [5.74, 6) is -1.79. The molecule has 0 saturated heterocycles. The first-order valence-corrected chi connectivity index (χ1v) is 7.88. The number of thiophene rings is 1. The lowest BCUT2D eigenvalue weighted by Gasteiger charge is -2.09. The fourth-order valence-electron chi connectivity index (χ4n) is 1.60. The van der Waals surface area contributed by atoms with E-state index in [1.54, 1.807) is 23.6 Å². The normalized spacial score (nSPS) is 12.1. The van der Waals surface area contributed by atoms with Crippen molar-refractivity contribution in [2.24, 2.45) is 5.92 Å². The largest absolute Gasteiger partial charge is 0.481 e. The van der Waals surface area contributed by atoms with Crippen molar-refractivity contribution >= 4 is 34.6 Å². The number of hydrogen-bond donors (Lipinski definition) is 2. The molecule has 2 N–H and O–H groups in total.